The van der Waals surface area contributed by atoms with Crippen LogP contribution in [-0.4, -0.2) is 7.05 Å². The first-order valence-electron chi connectivity index (χ1n) is 6.08. The van der Waals surface area contributed by atoms with Crippen LogP contribution in [0.5, 0.6) is 0 Å². The molecule has 0 fully saturated rings. The van der Waals surface area contributed by atoms with Crippen LogP contribution in [0.15, 0.2) is 29.6 Å². The molecular weight excluding hydrogens is 262 g/mol. The molecule has 1 heterocycles. The van der Waals surface area contributed by atoms with Crippen LogP contribution in [0.4, 0.5) is 0 Å². The van der Waals surface area contributed by atoms with Crippen molar-refractivity contribution in [1.82, 2.24) is 5.32 Å². The van der Waals surface area contributed by atoms with Crippen molar-refractivity contribution in [1.29, 1.82) is 0 Å². The van der Waals surface area contributed by atoms with Crippen molar-refractivity contribution in [3.05, 3.63) is 56.2 Å². The monoisotopic (exact) mass is 279 g/mol. The Labute approximate surface area is 118 Å². The first-order valence-corrected chi connectivity index (χ1v) is 7.34. The molecule has 0 aliphatic heterocycles. The van der Waals surface area contributed by atoms with E-state index in [4.69, 9.17) is 11.6 Å². The van der Waals surface area contributed by atoms with Crippen molar-refractivity contribution in [3.63, 3.8) is 0 Å². The Kier molecular flexibility index (Phi) is 4.44. The fourth-order valence-corrected chi connectivity index (χ4v) is 3.42. The van der Waals surface area contributed by atoms with Gasteiger partial charge in [-0.15, -0.1) is 11.3 Å². The van der Waals surface area contributed by atoms with E-state index in [0.717, 1.165) is 11.4 Å². The number of benzene rings is 1. The molecule has 0 saturated carbocycles. The summed E-state index contributed by atoms with van der Waals surface area (Å²) in [6.07, 6.45) is 0.976. The minimum absolute atomic E-state index is 0.290. The van der Waals surface area contributed by atoms with Crippen LogP contribution >= 0.6 is 22.9 Å². The molecule has 0 radical (unpaired) electrons. The van der Waals surface area contributed by atoms with Gasteiger partial charge in [0, 0.05) is 10.9 Å². The van der Waals surface area contributed by atoms with Gasteiger partial charge in [0.1, 0.15) is 0 Å². The van der Waals surface area contributed by atoms with Crippen LogP contribution < -0.4 is 5.32 Å². The lowest BCUT2D eigenvalue weighted by atomic mass is 9.98. The third-order valence-electron chi connectivity index (χ3n) is 3.24. The second-order valence-electron chi connectivity index (χ2n) is 4.61. The van der Waals surface area contributed by atoms with Gasteiger partial charge in [-0.25, -0.2) is 0 Å². The van der Waals surface area contributed by atoms with E-state index in [1.165, 1.54) is 21.6 Å². The summed E-state index contributed by atoms with van der Waals surface area (Å²) in [4.78, 5) is 1.22. The Bertz CT molecular complexity index is 533. The summed E-state index contributed by atoms with van der Waals surface area (Å²) in [5, 5.41) is 6.28. The maximum absolute atomic E-state index is 6.22. The summed E-state index contributed by atoms with van der Waals surface area (Å²) < 4.78 is 0. The van der Waals surface area contributed by atoms with Crippen molar-refractivity contribution in [2.75, 3.05) is 7.05 Å². The molecule has 2 aromatic rings. The van der Waals surface area contributed by atoms with Gasteiger partial charge in [-0.2, -0.15) is 0 Å². The average molecular weight is 280 g/mol. The molecule has 0 bridgehead atoms. The molecule has 1 N–H and O–H groups in total. The molecule has 1 atom stereocenters. The molecule has 1 nitrogen and oxygen atoms in total. The number of hydrogen-bond acceptors (Lipinski definition) is 2. The SMILES string of the molecule is CNC(Cc1cc(C)ccc1C)c1sccc1Cl. The van der Waals surface area contributed by atoms with Gasteiger partial charge in [0.2, 0.25) is 0 Å². The highest BCUT2D eigenvalue weighted by molar-refractivity contribution is 7.10. The summed E-state index contributed by atoms with van der Waals surface area (Å²) in [5.41, 5.74) is 4.04. The van der Waals surface area contributed by atoms with E-state index < -0.39 is 0 Å². The van der Waals surface area contributed by atoms with Crippen molar-refractivity contribution in [2.24, 2.45) is 0 Å². The van der Waals surface area contributed by atoms with E-state index >= 15 is 0 Å². The zero-order chi connectivity index (χ0) is 13.1. The zero-order valence-electron chi connectivity index (χ0n) is 11.0. The summed E-state index contributed by atoms with van der Waals surface area (Å²) in [7, 11) is 1.99. The first-order chi connectivity index (χ1) is 8.61. The number of nitrogens with one attached hydrogen (secondary N) is 1. The third kappa shape index (κ3) is 2.94. The van der Waals surface area contributed by atoms with Crippen LogP contribution in [0.1, 0.15) is 27.6 Å². The average Bonchev–Trinajstić information content (AvgIpc) is 2.77. The van der Waals surface area contributed by atoms with Gasteiger partial charge in [-0.05, 0) is 49.9 Å². The molecule has 1 unspecified atom stereocenters. The lowest BCUT2D eigenvalue weighted by Crippen LogP contribution is -2.18. The lowest BCUT2D eigenvalue weighted by Gasteiger charge is -2.17. The third-order valence-corrected chi connectivity index (χ3v) is 4.71. The second kappa shape index (κ2) is 5.87. The normalized spacial score (nSPS) is 12.7. The van der Waals surface area contributed by atoms with Crippen LogP contribution in [0, 0.1) is 13.8 Å². The Morgan fingerprint density at radius 2 is 2.06 bits per heavy atom. The first kappa shape index (κ1) is 13.6. The fourth-order valence-electron chi connectivity index (χ4n) is 2.12. The lowest BCUT2D eigenvalue weighted by molar-refractivity contribution is 0.600. The number of rotatable bonds is 4. The Hall–Kier alpha value is -0.830. The highest BCUT2D eigenvalue weighted by Gasteiger charge is 2.15. The maximum Gasteiger partial charge on any atom is 0.0561 e. The Morgan fingerprint density at radius 3 is 2.67 bits per heavy atom. The fraction of sp³-hybridized carbons (Fsp3) is 0.333. The number of likely N-dealkylation sites (N-methyl/N-ethyl adjacent to an activating group) is 1. The van der Waals surface area contributed by atoms with E-state index in [1.807, 2.05) is 18.5 Å². The summed E-state index contributed by atoms with van der Waals surface area (Å²) >= 11 is 7.94. The molecule has 0 saturated heterocycles. The van der Waals surface area contributed by atoms with Crippen LogP contribution in [0.3, 0.4) is 0 Å². The molecule has 96 valence electrons. The van der Waals surface area contributed by atoms with E-state index in [2.05, 4.69) is 37.4 Å². The van der Waals surface area contributed by atoms with Crippen molar-refractivity contribution < 1.29 is 0 Å². The minimum atomic E-state index is 0.290. The van der Waals surface area contributed by atoms with Crippen LogP contribution in [-0.2, 0) is 6.42 Å². The van der Waals surface area contributed by atoms with Gasteiger partial charge < -0.3 is 5.32 Å². The molecule has 0 spiro atoms. The zero-order valence-corrected chi connectivity index (χ0v) is 12.5. The Balaban J connectivity index is 2.26. The molecule has 0 amide bonds. The quantitative estimate of drug-likeness (QED) is 0.868. The van der Waals surface area contributed by atoms with Gasteiger partial charge >= 0.3 is 0 Å². The van der Waals surface area contributed by atoms with E-state index in [0.29, 0.717) is 0 Å². The van der Waals surface area contributed by atoms with E-state index in [9.17, 15) is 0 Å². The molecular formula is C15H18ClNS. The van der Waals surface area contributed by atoms with Crippen molar-refractivity contribution >= 4 is 22.9 Å². The molecule has 0 aliphatic carbocycles. The molecule has 0 aliphatic rings. The van der Waals surface area contributed by atoms with Gasteiger partial charge in [0.05, 0.1) is 5.02 Å². The van der Waals surface area contributed by atoms with Gasteiger partial charge in [0.15, 0.2) is 0 Å². The topological polar surface area (TPSA) is 12.0 Å². The Morgan fingerprint density at radius 1 is 1.28 bits per heavy atom. The van der Waals surface area contributed by atoms with Gasteiger partial charge in [-0.1, -0.05) is 35.4 Å². The van der Waals surface area contributed by atoms with Crippen molar-refractivity contribution in [3.8, 4) is 0 Å². The summed E-state index contributed by atoms with van der Waals surface area (Å²) in [6.45, 7) is 4.30. The summed E-state index contributed by atoms with van der Waals surface area (Å²) in [6, 6.07) is 8.87. The predicted octanol–water partition coefficient (Wildman–Crippen LogP) is 4.52. The molecule has 3 heteroatoms. The largest absolute Gasteiger partial charge is 0.312 e. The number of aryl methyl sites for hydroxylation is 2. The standard InChI is InChI=1S/C15H18ClNS/c1-10-4-5-11(2)12(8-10)9-14(17-3)15-13(16)6-7-18-15/h4-8,14,17H,9H2,1-3H3. The highest BCUT2D eigenvalue weighted by Crippen LogP contribution is 2.31. The van der Waals surface area contributed by atoms with Gasteiger partial charge in [0.25, 0.3) is 0 Å². The molecule has 18 heavy (non-hydrogen) atoms. The second-order valence-corrected chi connectivity index (χ2v) is 5.96. The molecule has 2 rings (SSSR count). The highest BCUT2D eigenvalue weighted by atomic mass is 35.5. The van der Waals surface area contributed by atoms with Gasteiger partial charge in [-0.3, -0.25) is 0 Å². The van der Waals surface area contributed by atoms with E-state index in [-0.39, 0.29) is 6.04 Å². The summed E-state index contributed by atoms with van der Waals surface area (Å²) in [5.74, 6) is 0. The van der Waals surface area contributed by atoms with E-state index in [1.54, 1.807) is 11.3 Å². The predicted molar refractivity (Wildman–Crippen MR) is 80.7 cm³/mol. The minimum Gasteiger partial charge on any atom is -0.312 e. The number of halogens is 1. The van der Waals surface area contributed by atoms with Crippen LogP contribution in [0.2, 0.25) is 5.02 Å². The molecule has 1 aromatic carbocycles. The van der Waals surface area contributed by atoms with Crippen molar-refractivity contribution in [2.45, 2.75) is 26.3 Å². The van der Waals surface area contributed by atoms with Crippen LogP contribution in [0.25, 0.3) is 0 Å². The smallest absolute Gasteiger partial charge is 0.0561 e. The number of hydrogen-bond donors (Lipinski definition) is 1. The molecule has 1 aromatic heterocycles. The maximum atomic E-state index is 6.22. The number of thiophene rings is 1.